The van der Waals surface area contributed by atoms with Gasteiger partial charge in [-0.2, -0.15) is 0 Å². The van der Waals surface area contributed by atoms with Crippen LogP contribution in [0.4, 0.5) is 0 Å². The molecule has 1 aliphatic rings. The van der Waals surface area contributed by atoms with Gasteiger partial charge in [0.25, 0.3) is 0 Å². The van der Waals surface area contributed by atoms with E-state index in [0.29, 0.717) is 13.0 Å². The lowest BCUT2D eigenvalue weighted by Gasteiger charge is -2.31. The smallest absolute Gasteiger partial charge is 0.229 e. The van der Waals surface area contributed by atoms with Crippen molar-refractivity contribution in [1.29, 1.82) is 0 Å². The van der Waals surface area contributed by atoms with Crippen LogP contribution < -0.4 is 0 Å². The molecule has 0 bridgehead atoms. The third-order valence-electron chi connectivity index (χ3n) is 5.59. The molecule has 1 fully saturated rings. The van der Waals surface area contributed by atoms with E-state index in [1.165, 1.54) is 5.56 Å². The molecule has 1 saturated heterocycles. The predicted molar refractivity (Wildman–Crippen MR) is 108 cm³/mol. The van der Waals surface area contributed by atoms with Crippen LogP contribution in [0.15, 0.2) is 54.6 Å². The molecule has 138 valence electrons. The molecule has 1 N–H and O–H groups in total. The number of rotatable bonds is 6. The number of amides is 1. The number of benzene rings is 2. The molecular weight excluding hydrogens is 390 g/mol. The van der Waals surface area contributed by atoms with Crippen LogP contribution in [0.3, 0.4) is 0 Å². The maximum Gasteiger partial charge on any atom is 0.229 e. The fourth-order valence-electron chi connectivity index (χ4n) is 3.84. The van der Waals surface area contributed by atoms with Gasteiger partial charge in [-0.15, -0.1) is 0 Å². The summed E-state index contributed by atoms with van der Waals surface area (Å²) in [7, 11) is 0. The Morgan fingerprint density at radius 2 is 1.85 bits per heavy atom. The second-order valence-electron chi connectivity index (χ2n) is 7.24. The van der Waals surface area contributed by atoms with Crippen molar-refractivity contribution in [3.05, 3.63) is 71.3 Å². The molecule has 0 unspecified atom stereocenters. The van der Waals surface area contributed by atoms with E-state index in [1.54, 1.807) is 6.92 Å². The first-order valence-electron chi connectivity index (χ1n) is 9.18. The van der Waals surface area contributed by atoms with Crippen molar-refractivity contribution >= 4 is 21.8 Å². The Morgan fingerprint density at radius 1 is 1.19 bits per heavy atom. The summed E-state index contributed by atoms with van der Waals surface area (Å²) in [5, 5.41) is 12.1. The molecule has 1 amide bonds. The molecule has 26 heavy (non-hydrogen) atoms. The average Bonchev–Trinajstić information content (AvgIpc) is 3.05. The second kappa shape index (κ2) is 7.93. The molecule has 3 nitrogen and oxygen atoms in total. The number of halogens is 1. The summed E-state index contributed by atoms with van der Waals surface area (Å²) in [6.07, 6.45) is 1.62. The minimum atomic E-state index is -1.16. The first-order chi connectivity index (χ1) is 12.4. The van der Waals surface area contributed by atoms with Crippen molar-refractivity contribution in [2.45, 2.75) is 38.3 Å². The number of hydrogen-bond acceptors (Lipinski definition) is 2. The third-order valence-corrected chi connectivity index (χ3v) is 5.99. The van der Waals surface area contributed by atoms with Gasteiger partial charge in [-0.3, -0.25) is 4.79 Å². The van der Waals surface area contributed by atoms with E-state index in [-0.39, 0.29) is 11.9 Å². The quantitative estimate of drug-likeness (QED) is 0.708. The molecule has 0 radical (unpaired) electrons. The van der Waals surface area contributed by atoms with Gasteiger partial charge in [0.1, 0.15) is 0 Å². The minimum Gasteiger partial charge on any atom is -0.385 e. The largest absolute Gasteiger partial charge is 0.385 e. The topological polar surface area (TPSA) is 40.5 Å². The number of aliphatic hydroxyl groups is 1. The SMILES string of the molecule is C[C@@H](c1ccccc1)N1CC[C@@H]([C@](C)(O)c2ccc(CCBr)cc2)C1=O. The summed E-state index contributed by atoms with van der Waals surface area (Å²) >= 11 is 3.45. The van der Waals surface area contributed by atoms with Gasteiger partial charge in [0.05, 0.1) is 17.6 Å². The lowest BCUT2D eigenvalue weighted by Crippen LogP contribution is -2.39. The van der Waals surface area contributed by atoms with Crippen LogP contribution in [0.2, 0.25) is 0 Å². The van der Waals surface area contributed by atoms with Crippen molar-refractivity contribution in [1.82, 2.24) is 4.90 Å². The summed E-state index contributed by atoms with van der Waals surface area (Å²) in [5.74, 6) is -0.369. The monoisotopic (exact) mass is 415 g/mol. The van der Waals surface area contributed by atoms with Gasteiger partial charge in [0.2, 0.25) is 5.91 Å². The van der Waals surface area contributed by atoms with Gasteiger partial charge in [-0.05, 0) is 43.4 Å². The highest BCUT2D eigenvalue weighted by molar-refractivity contribution is 9.09. The Balaban J connectivity index is 1.77. The lowest BCUT2D eigenvalue weighted by molar-refractivity contribution is -0.140. The van der Waals surface area contributed by atoms with Gasteiger partial charge in [0, 0.05) is 11.9 Å². The fourth-order valence-corrected chi connectivity index (χ4v) is 4.30. The summed E-state index contributed by atoms with van der Waals surface area (Å²) in [6.45, 7) is 4.50. The Bertz CT molecular complexity index is 742. The van der Waals surface area contributed by atoms with E-state index in [9.17, 15) is 9.90 Å². The predicted octanol–water partition coefficient (Wildman–Crippen LogP) is 4.44. The van der Waals surface area contributed by atoms with Crippen molar-refractivity contribution in [3.8, 4) is 0 Å². The fraction of sp³-hybridized carbons (Fsp3) is 0.409. The zero-order valence-corrected chi connectivity index (χ0v) is 16.9. The zero-order chi connectivity index (χ0) is 18.7. The molecule has 4 heteroatoms. The Labute approximate surface area is 164 Å². The average molecular weight is 416 g/mol. The zero-order valence-electron chi connectivity index (χ0n) is 15.4. The van der Waals surface area contributed by atoms with Crippen LogP contribution in [0.5, 0.6) is 0 Å². The molecule has 1 heterocycles. The van der Waals surface area contributed by atoms with Gasteiger partial charge in [-0.25, -0.2) is 0 Å². The Morgan fingerprint density at radius 3 is 2.46 bits per heavy atom. The lowest BCUT2D eigenvalue weighted by atomic mass is 9.81. The minimum absolute atomic E-state index is 0.0193. The van der Waals surface area contributed by atoms with E-state index >= 15 is 0 Å². The molecule has 1 aliphatic heterocycles. The van der Waals surface area contributed by atoms with Crippen molar-refractivity contribution in [2.24, 2.45) is 5.92 Å². The first kappa shape index (κ1) is 19.1. The number of alkyl halides is 1. The standard InChI is InChI=1S/C22H26BrNO2/c1-16(18-6-4-3-5-7-18)24-15-13-20(21(24)25)22(2,26)19-10-8-17(9-11-19)12-14-23/h3-11,16,20,26H,12-15H2,1-2H3/t16-,20+,22+/m0/s1. The number of hydrogen-bond donors (Lipinski definition) is 1. The Kier molecular flexibility index (Phi) is 5.83. The molecule has 0 spiro atoms. The number of nitrogens with zero attached hydrogens (tertiary/aromatic N) is 1. The molecule has 3 rings (SSSR count). The summed E-state index contributed by atoms with van der Waals surface area (Å²) in [5.41, 5.74) is 2.00. The molecule has 3 atom stereocenters. The van der Waals surface area contributed by atoms with E-state index < -0.39 is 11.5 Å². The normalized spacial score (nSPS) is 20.8. The van der Waals surface area contributed by atoms with Gasteiger partial charge in [0.15, 0.2) is 0 Å². The van der Waals surface area contributed by atoms with Crippen LogP contribution >= 0.6 is 15.9 Å². The van der Waals surface area contributed by atoms with Gasteiger partial charge < -0.3 is 10.0 Å². The van der Waals surface area contributed by atoms with Crippen molar-refractivity contribution in [3.63, 3.8) is 0 Å². The van der Waals surface area contributed by atoms with E-state index in [0.717, 1.165) is 22.9 Å². The molecule has 0 aliphatic carbocycles. The van der Waals surface area contributed by atoms with Crippen LogP contribution in [-0.2, 0) is 16.8 Å². The molecule has 0 saturated carbocycles. The number of likely N-dealkylation sites (tertiary alicyclic amines) is 1. The molecule has 2 aromatic carbocycles. The highest BCUT2D eigenvalue weighted by Crippen LogP contribution is 2.39. The van der Waals surface area contributed by atoms with Crippen molar-refractivity contribution < 1.29 is 9.90 Å². The van der Waals surface area contributed by atoms with Crippen molar-refractivity contribution in [2.75, 3.05) is 11.9 Å². The van der Waals surface area contributed by atoms with Crippen LogP contribution in [0, 0.1) is 5.92 Å². The molecular formula is C22H26BrNO2. The van der Waals surface area contributed by atoms with E-state index in [1.807, 2.05) is 59.5 Å². The van der Waals surface area contributed by atoms with E-state index in [2.05, 4.69) is 22.9 Å². The number of carbonyl (C=O) groups excluding carboxylic acids is 1. The number of aryl methyl sites for hydroxylation is 1. The molecule has 0 aromatic heterocycles. The maximum absolute atomic E-state index is 13.1. The third kappa shape index (κ3) is 3.72. The van der Waals surface area contributed by atoms with Gasteiger partial charge in [-0.1, -0.05) is 70.5 Å². The van der Waals surface area contributed by atoms with E-state index in [4.69, 9.17) is 0 Å². The second-order valence-corrected chi connectivity index (χ2v) is 8.04. The summed E-state index contributed by atoms with van der Waals surface area (Å²) < 4.78 is 0. The van der Waals surface area contributed by atoms with Gasteiger partial charge >= 0.3 is 0 Å². The highest BCUT2D eigenvalue weighted by atomic mass is 79.9. The van der Waals surface area contributed by atoms with Crippen LogP contribution in [0.1, 0.15) is 43.0 Å². The number of carbonyl (C=O) groups is 1. The van der Waals surface area contributed by atoms with Crippen LogP contribution in [0.25, 0.3) is 0 Å². The molecule has 2 aromatic rings. The summed E-state index contributed by atoms with van der Waals surface area (Å²) in [6, 6.07) is 18.1. The van der Waals surface area contributed by atoms with Crippen LogP contribution in [-0.4, -0.2) is 27.8 Å². The first-order valence-corrected chi connectivity index (χ1v) is 10.3. The Hall–Kier alpha value is -1.65. The summed E-state index contributed by atoms with van der Waals surface area (Å²) in [4.78, 5) is 15.0. The maximum atomic E-state index is 13.1. The highest BCUT2D eigenvalue weighted by Gasteiger charge is 2.45.